The third-order valence-corrected chi connectivity index (χ3v) is 18.3. The third-order valence-electron chi connectivity index (χ3n) is 17.4. The molecule has 0 radical (unpaired) electrons. The lowest BCUT2D eigenvalue weighted by Gasteiger charge is -2.09. The molecular formula is C79H93F4IN10O15. The number of H-pyrrole nitrogens is 4. The van der Waals surface area contributed by atoms with Gasteiger partial charge in [-0.25, -0.2) is 41.5 Å². The number of carboxylic acids is 4. The normalized spacial score (nSPS) is 10.7. The first-order valence-electron chi connectivity index (χ1n) is 35.1. The maximum absolute atomic E-state index is 13.7. The van der Waals surface area contributed by atoms with Gasteiger partial charge in [-0.2, -0.15) is 25.5 Å². The van der Waals surface area contributed by atoms with Crippen molar-refractivity contribution in [3.8, 4) is 28.7 Å². The van der Waals surface area contributed by atoms with Crippen LogP contribution < -0.4 is 23.7 Å². The summed E-state index contributed by atoms with van der Waals surface area (Å²) >= 11 is 2.14. The number of nitrogens with zero attached hydrogens (tertiary/aromatic N) is 6. The molecule has 5 aromatic carbocycles. The van der Waals surface area contributed by atoms with Gasteiger partial charge < -0.3 is 48.8 Å². The maximum atomic E-state index is 13.7. The van der Waals surface area contributed by atoms with E-state index in [2.05, 4.69) is 87.1 Å². The smallest absolute Gasteiger partial charge is 0.337 e. The SMILES string of the molecule is CCc1n[nH]c(CC)c1CCCOc1cc(C(=O)O)ccc1F.COC(=O)c1ccc(F)c(OCCCc2c(C)n[nH]c2C)c1.Cc1n[nH]c(C)c1CCCOc1cc(C(=O)O)ccc1F.Cc1n[nH]c(C)c1CCCOc1cc(C(=O)O)ccc1I.Cc1nn(C)c(C)c1CCCOc1cc(C(=O)O)ccc1F. The highest BCUT2D eigenvalue weighted by Crippen LogP contribution is 2.27. The second-order valence-electron chi connectivity index (χ2n) is 25.0. The molecular weight excluding hydrogens is 1530 g/mol. The summed E-state index contributed by atoms with van der Waals surface area (Å²) in [5.74, 6) is -6.35. The zero-order valence-corrected chi connectivity index (χ0v) is 65.2. The molecule has 5 aromatic heterocycles. The first-order chi connectivity index (χ1) is 52.0. The fraction of sp³-hybridized carbons (Fsp3) is 0.367. The minimum absolute atomic E-state index is 0.00734. The Morgan fingerprint density at radius 1 is 0.413 bits per heavy atom. The van der Waals surface area contributed by atoms with Gasteiger partial charge in [0.05, 0.1) is 100 Å². The van der Waals surface area contributed by atoms with Gasteiger partial charge in [0.15, 0.2) is 46.3 Å². The summed E-state index contributed by atoms with van der Waals surface area (Å²) < 4.78 is 89.0. The Kier molecular flexibility index (Phi) is 34.3. The van der Waals surface area contributed by atoms with Crippen LogP contribution in [0.4, 0.5) is 17.6 Å². The van der Waals surface area contributed by atoms with Crippen LogP contribution >= 0.6 is 22.6 Å². The number of hydrogen-bond donors (Lipinski definition) is 8. The number of aromatic nitrogens is 10. The van der Waals surface area contributed by atoms with E-state index in [0.717, 1.165) is 148 Å². The van der Waals surface area contributed by atoms with Crippen molar-refractivity contribution in [1.82, 2.24) is 50.6 Å². The highest BCUT2D eigenvalue weighted by atomic mass is 127. The fourth-order valence-corrected chi connectivity index (χ4v) is 11.8. The first-order valence-corrected chi connectivity index (χ1v) is 36.2. The van der Waals surface area contributed by atoms with E-state index >= 15 is 0 Å². The highest BCUT2D eigenvalue weighted by molar-refractivity contribution is 14.1. The molecule has 0 aliphatic carbocycles. The summed E-state index contributed by atoms with van der Waals surface area (Å²) in [7, 11) is 3.18. The van der Waals surface area contributed by atoms with Crippen molar-refractivity contribution >= 4 is 52.4 Å². The van der Waals surface area contributed by atoms with Crippen molar-refractivity contribution in [2.24, 2.45) is 7.05 Å². The molecule has 109 heavy (non-hydrogen) atoms. The van der Waals surface area contributed by atoms with Crippen molar-refractivity contribution in [2.45, 2.75) is 146 Å². The molecule has 584 valence electrons. The number of carbonyl (C=O) groups is 5. The lowest BCUT2D eigenvalue weighted by atomic mass is 10.0. The third kappa shape index (κ3) is 26.1. The Morgan fingerprint density at radius 3 is 1.03 bits per heavy atom. The fourth-order valence-electron chi connectivity index (χ4n) is 11.3. The largest absolute Gasteiger partial charge is 0.492 e. The summed E-state index contributed by atoms with van der Waals surface area (Å²) in [6.45, 7) is 21.7. The number of benzene rings is 5. The van der Waals surface area contributed by atoms with Crippen molar-refractivity contribution in [2.75, 3.05) is 40.1 Å². The second-order valence-corrected chi connectivity index (χ2v) is 26.2. The minimum Gasteiger partial charge on any atom is -0.492 e. The van der Waals surface area contributed by atoms with Gasteiger partial charge in [0.1, 0.15) is 5.75 Å². The van der Waals surface area contributed by atoms with Gasteiger partial charge in [0, 0.05) is 35.5 Å². The summed E-state index contributed by atoms with van der Waals surface area (Å²) in [6.07, 6.45) is 9.47. The molecule has 0 fully saturated rings. The number of aromatic carboxylic acids is 4. The van der Waals surface area contributed by atoms with Crippen LogP contribution in [-0.4, -0.2) is 141 Å². The molecule has 0 saturated carbocycles. The van der Waals surface area contributed by atoms with Crippen molar-refractivity contribution in [1.29, 1.82) is 0 Å². The standard InChI is InChI=1S/C17H21FN2O3.2C16H19FN2O3.C15H17FN2O3.C15H17IN2O3/c1-3-14-12(15(4-2)20-19-14)6-5-9-23-16-10-11(17(21)22)7-8-13(16)18;1-10-13(11(2)19-18-10)5-4-8-22-15-9-12(16(20)21-3)6-7-14(15)17;1-10-13(11(2)19(3)18-10)5-4-8-22-15-9-12(16(20)21)6-7-14(15)17;2*1-9-12(10(2)18-17-9)4-3-7-21-14-8-11(15(19)20)5-6-13(14)16/h7-8,10H,3-6,9H2,1-2H3,(H,19,20)(H,21,22);6-7,9H,4-5,8H2,1-3H3,(H,18,19);6-7,9H,4-5,8H2,1-3H3,(H,20,21);2*5-6,8H,3-4,7H2,1-2H3,(H,17,18)(H,19,20). The van der Waals surface area contributed by atoms with Gasteiger partial charge in [-0.3, -0.25) is 25.1 Å². The molecule has 0 spiro atoms. The molecule has 10 rings (SSSR count). The van der Waals surface area contributed by atoms with Gasteiger partial charge in [-0.05, 0) is 274 Å². The Balaban J connectivity index is 0.000000213. The molecule has 25 nitrogen and oxygen atoms in total. The van der Waals surface area contributed by atoms with Gasteiger partial charge in [-0.1, -0.05) is 13.8 Å². The number of carboxylic acid groups (broad SMARTS) is 4. The number of methoxy groups -OCH3 is 1. The summed E-state index contributed by atoms with van der Waals surface area (Å²) in [5, 5.41) is 68.6. The van der Waals surface area contributed by atoms with Crippen LogP contribution in [0.2, 0.25) is 0 Å². The average molecular weight is 1630 g/mol. The number of rotatable bonds is 32. The first kappa shape index (κ1) is 86.9. The molecule has 8 N–H and O–H groups in total. The van der Waals surface area contributed by atoms with Crippen LogP contribution in [0.5, 0.6) is 28.7 Å². The molecule has 0 atom stereocenters. The number of aromatic amines is 4. The van der Waals surface area contributed by atoms with E-state index in [1.807, 2.05) is 67.1 Å². The van der Waals surface area contributed by atoms with E-state index < -0.39 is 53.1 Å². The van der Waals surface area contributed by atoms with E-state index in [1.54, 1.807) is 18.2 Å². The van der Waals surface area contributed by atoms with Gasteiger partial charge in [-0.15, -0.1) is 0 Å². The number of ether oxygens (including phenoxy) is 6. The molecule has 5 heterocycles. The number of halogens is 5. The average Bonchev–Trinajstić information content (AvgIpc) is 1.52. The van der Waals surface area contributed by atoms with Crippen LogP contribution in [0.3, 0.4) is 0 Å². The topological polar surface area (TPSA) is 354 Å². The number of aryl methyl sites for hydroxylation is 10. The molecule has 0 amide bonds. The molecule has 0 bridgehead atoms. The van der Waals surface area contributed by atoms with E-state index in [9.17, 15) is 41.5 Å². The van der Waals surface area contributed by atoms with Gasteiger partial charge in [0.2, 0.25) is 0 Å². The summed E-state index contributed by atoms with van der Waals surface area (Å²) in [4.78, 5) is 55.0. The maximum Gasteiger partial charge on any atom is 0.337 e. The Labute approximate surface area is 642 Å². The molecule has 10 aromatic rings. The van der Waals surface area contributed by atoms with Gasteiger partial charge in [0.25, 0.3) is 0 Å². The Bertz CT molecular complexity index is 4510. The lowest BCUT2D eigenvalue weighted by molar-refractivity contribution is 0.0597. The number of esters is 1. The summed E-state index contributed by atoms with van der Waals surface area (Å²) in [5.41, 5.74) is 16.8. The second kappa shape index (κ2) is 43.1. The number of nitrogens with one attached hydrogen (secondary N) is 4. The van der Waals surface area contributed by atoms with Crippen LogP contribution in [0.15, 0.2) is 91.0 Å². The predicted octanol–water partition coefficient (Wildman–Crippen LogP) is 15.4. The minimum atomic E-state index is -1.11. The Morgan fingerprint density at radius 2 is 0.725 bits per heavy atom. The monoisotopic (exact) mass is 1620 g/mol. The molecule has 0 unspecified atom stereocenters. The van der Waals surface area contributed by atoms with E-state index in [0.29, 0.717) is 58.0 Å². The highest BCUT2D eigenvalue weighted by Gasteiger charge is 2.18. The lowest BCUT2D eigenvalue weighted by Crippen LogP contribution is -2.05. The molecule has 0 aliphatic rings. The predicted molar refractivity (Wildman–Crippen MR) is 407 cm³/mol. The Hall–Kier alpha value is -11.1. The van der Waals surface area contributed by atoms with Crippen molar-refractivity contribution < 1.29 is 90.4 Å². The van der Waals surface area contributed by atoms with Crippen LogP contribution in [-0.2, 0) is 56.7 Å². The van der Waals surface area contributed by atoms with Crippen LogP contribution in [0.25, 0.3) is 0 Å². The zero-order chi connectivity index (χ0) is 80.0. The van der Waals surface area contributed by atoms with Gasteiger partial charge >= 0.3 is 29.8 Å². The zero-order valence-electron chi connectivity index (χ0n) is 63.0. The van der Waals surface area contributed by atoms with Crippen LogP contribution in [0, 0.1) is 82.2 Å². The van der Waals surface area contributed by atoms with Crippen molar-refractivity contribution in [3.63, 3.8) is 0 Å². The molecule has 0 saturated heterocycles. The van der Waals surface area contributed by atoms with Crippen LogP contribution in [0.1, 0.15) is 182 Å². The summed E-state index contributed by atoms with van der Waals surface area (Å²) in [6, 6.07) is 19.4. The number of hydrogen-bond acceptors (Lipinski definition) is 16. The van der Waals surface area contributed by atoms with Crippen molar-refractivity contribution in [3.05, 3.63) is 230 Å². The van der Waals surface area contributed by atoms with E-state index in [1.165, 1.54) is 78.4 Å². The van der Waals surface area contributed by atoms with E-state index in [-0.39, 0.29) is 50.8 Å². The quantitative estimate of drug-likeness (QED) is 0.00840. The van der Waals surface area contributed by atoms with E-state index in [4.69, 9.17) is 44.1 Å². The number of carbonyl (C=O) groups excluding carboxylic acids is 1. The molecule has 30 heteroatoms. The molecule has 0 aliphatic heterocycles.